The van der Waals surface area contributed by atoms with Crippen LogP contribution in [0.1, 0.15) is 0 Å². The molecule has 0 bridgehead atoms. The van der Waals surface area contributed by atoms with Gasteiger partial charge in [0.05, 0.1) is 0 Å². The summed E-state index contributed by atoms with van der Waals surface area (Å²) in [6.07, 6.45) is 0. The number of fused-ring (bicyclic) bond motifs is 11. The van der Waals surface area contributed by atoms with E-state index in [1.54, 1.807) is 0 Å². The normalized spacial score (nSPS) is 12.1. The smallest absolute Gasteiger partial charge is 0.136 e. The van der Waals surface area contributed by atoms with Crippen LogP contribution >= 0.6 is 11.3 Å². The fraction of sp³-hybridized carbons (Fsp3) is 0. The predicted octanol–water partition coefficient (Wildman–Crippen LogP) is 15.6. The lowest BCUT2D eigenvalue weighted by Crippen LogP contribution is -1.92. The summed E-state index contributed by atoms with van der Waals surface area (Å²) in [5.74, 6) is 0. The van der Waals surface area contributed by atoms with Crippen molar-refractivity contribution in [2.45, 2.75) is 0 Å². The van der Waals surface area contributed by atoms with Crippen LogP contribution in [-0.4, -0.2) is 0 Å². The fourth-order valence-corrected chi connectivity index (χ4v) is 10.2. The van der Waals surface area contributed by atoms with Gasteiger partial charge in [-0.2, -0.15) is 0 Å². The van der Waals surface area contributed by atoms with Crippen LogP contribution in [0, 0.1) is 0 Å². The molecule has 2 aromatic heterocycles. The summed E-state index contributed by atoms with van der Waals surface area (Å²) in [5.41, 5.74) is 9.20. The molecule has 0 aliphatic carbocycles. The van der Waals surface area contributed by atoms with E-state index in [1.807, 2.05) is 11.3 Å². The molecule has 54 heavy (non-hydrogen) atoms. The molecule has 0 aliphatic heterocycles. The van der Waals surface area contributed by atoms with E-state index < -0.39 is 0 Å². The van der Waals surface area contributed by atoms with Crippen molar-refractivity contribution in [1.82, 2.24) is 0 Å². The first-order valence-corrected chi connectivity index (χ1v) is 19.3. The van der Waals surface area contributed by atoms with E-state index in [4.69, 9.17) is 4.42 Å². The summed E-state index contributed by atoms with van der Waals surface area (Å²) in [7, 11) is 0. The summed E-state index contributed by atoms with van der Waals surface area (Å²) in [5, 5.41) is 14.9. The minimum Gasteiger partial charge on any atom is -0.456 e. The highest BCUT2D eigenvalue weighted by molar-refractivity contribution is 7.25. The SMILES string of the molecule is c1cc(-c2c3ccccc3c(-c3cccc4ccccc34)c3ccccc23)cc(-c2cc3oc4cc5c(cc4c3c3ccccc23)sc2ccccc25)c1. The Morgan fingerprint density at radius 3 is 1.69 bits per heavy atom. The molecule has 12 rings (SSSR count). The molecule has 0 saturated carbocycles. The molecule has 0 spiro atoms. The fourth-order valence-electron chi connectivity index (χ4n) is 9.11. The molecule has 250 valence electrons. The molecule has 2 heterocycles. The molecule has 0 saturated heterocycles. The van der Waals surface area contributed by atoms with Crippen LogP contribution in [-0.2, 0) is 0 Å². The minimum atomic E-state index is 0.918. The molecule has 0 amide bonds. The number of benzene rings is 10. The standard InChI is InChI=1S/C52H30OS/c1-2-17-34-31(13-1)14-12-25-37(34)51-41-23-7-5-21-39(41)50(40-22-6-8-24-42(40)51)33-16-11-15-32(27-33)43-28-47-52(38-20-4-3-18-35(38)43)45-30-49-44(29-46(45)53-47)36-19-9-10-26-48(36)54-49/h1-30H. The van der Waals surface area contributed by atoms with Crippen molar-refractivity contribution in [3.8, 4) is 33.4 Å². The van der Waals surface area contributed by atoms with Crippen molar-refractivity contribution in [3.05, 3.63) is 182 Å². The van der Waals surface area contributed by atoms with Gasteiger partial charge in [-0.3, -0.25) is 0 Å². The van der Waals surface area contributed by atoms with Crippen LogP contribution < -0.4 is 0 Å². The largest absolute Gasteiger partial charge is 0.456 e. The van der Waals surface area contributed by atoms with E-state index in [1.165, 1.54) is 107 Å². The number of thiophene rings is 1. The molecule has 0 radical (unpaired) electrons. The van der Waals surface area contributed by atoms with Gasteiger partial charge in [0.25, 0.3) is 0 Å². The van der Waals surface area contributed by atoms with Crippen molar-refractivity contribution in [2.24, 2.45) is 0 Å². The molecular formula is C52H30OS. The highest BCUT2D eigenvalue weighted by atomic mass is 32.1. The van der Waals surface area contributed by atoms with Gasteiger partial charge in [0.2, 0.25) is 0 Å². The van der Waals surface area contributed by atoms with Gasteiger partial charge in [-0.05, 0) is 107 Å². The van der Waals surface area contributed by atoms with Crippen LogP contribution in [0.4, 0.5) is 0 Å². The topological polar surface area (TPSA) is 13.1 Å². The molecule has 0 aliphatic rings. The number of hydrogen-bond donors (Lipinski definition) is 0. The predicted molar refractivity (Wildman–Crippen MR) is 233 cm³/mol. The third-order valence-corrected chi connectivity index (χ3v) is 12.6. The van der Waals surface area contributed by atoms with Crippen molar-refractivity contribution >= 4 is 96.5 Å². The second-order valence-corrected chi connectivity index (χ2v) is 15.4. The second kappa shape index (κ2) is 11.4. The molecule has 1 nitrogen and oxygen atoms in total. The summed E-state index contributed by atoms with van der Waals surface area (Å²) < 4.78 is 9.37. The monoisotopic (exact) mass is 702 g/mol. The third-order valence-electron chi connectivity index (χ3n) is 11.4. The molecule has 0 fully saturated rings. The lowest BCUT2D eigenvalue weighted by atomic mass is 9.84. The maximum atomic E-state index is 6.77. The van der Waals surface area contributed by atoms with Gasteiger partial charge >= 0.3 is 0 Å². The van der Waals surface area contributed by atoms with Gasteiger partial charge in [-0.25, -0.2) is 0 Å². The van der Waals surface area contributed by atoms with Crippen molar-refractivity contribution in [3.63, 3.8) is 0 Å². The van der Waals surface area contributed by atoms with Gasteiger partial charge in [0, 0.05) is 30.9 Å². The molecule has 0 N–H and O–H groups in total. The number of rotatable bonds is 3. The van der Waals surface area contributed by atoms with Gasteiger partial charge in [0.1, 0.15) is 11.2 Å². The van der Waals surface area contributed by atoms with Crippen LogP contribution in [0.3, 0.4) is 0 Å². The zero-order valence-electron chi connectivity index (χ0n) is 29.1. The van der Waals surface area contributed by atoms with Crippen molar-refractivity contribution in [1.29, 1.82) is 0 Å². The number of furan rings is 1. The van der Waals surface area contributed by atoms with Gasteiger partial charge in [-0.15, -0.1) is 11.3 Å². The zero-order valence-corrected chi connectivity index (χ0v) is 30.0. The van der Waals surface area contributed by atoms with Crippen LogP contribution in [0.5, 0.6) is 0 Å². The Balaban J connectivity index is 1.10. The van der Waals surface area contributed by atoms with E-state index in [0.717, 1.165) is 11.2 Å². The van der Waals surface area contributed by atoms with Crippen molar-refractivity contribution < 1.29 is 4.42 Å². The number of hydrogen-bond acceptors (Lipinski definition) is 2. The highest BCUT2D eigenvalue weighted by Gasteiger charge is 2.20. The molecule has 2 heteroatoms. The molecule has 12 aromatic rings. The third kappa shape index (κ3) is 4.26. The Kier molecular flexibility index (Phi) is 6.28. The van der Waals surface area contributed by atoms with Crippen LogP contribution in [0.25, 0.3) is 119 Å². The Morgan fingerprint density at radius 2 is 0.907 bits per heavy atom. The van der Waals surface area contributed by atoms with E-state index in [2.05, 4.69) is 182 Å². The lowest BCUT2D eigenvalue weighted by molar-refractivity contribution is 0.670. The summed E-state index contributed by atoms with van der Waals surface area (Å²) in [4.78, 5) is 0. The van der Waals surface area contributed by atoms with Gasteiger partial charge in [-0.1, -0.05) is 152 Å². The minimum absolute atomic E-state index is 0.918. The first kappa shape index (κ1) is 29.8. The second-order valence-electron chi connectivity index (χ2n) is 14.3. The van der Waals surface area contributed by atoms with Gasteiger partial charge < -0.3 is 4.42 Å². The first-order chi connectivity index (χ1) is 26.8. The quantitative estimate of drug-likeness (QED) is 0.167. The van der Waals surface area contributed by atoms with Crippen molar-refractivity contribution in [2.75, 3.05) is 0 Å². The van der Waals surface area contributed by atoms with E-state index in [-0.39, 0.29) is 0 Å². The van der Waals surface area contributed by atoms with Crippen LogP contribution in [0.2, 0.25) is 0 Å². The van der Waals surface area contributed by atoms with E-state index in [9.17, 15) is 0 Å². The van der Waals surface area contributed by atoms with Crippen LogP contribution in [0.15, 0.2) is 186 Å². The summed E-state index contributed by atoms with van der Waals surface area (Å²) >= 11 is 1.85. The summed E-state index contributed by atoms with van der Waals surface area (Å²) in [6.45, 7) is 0. The van der Waals surface area contributed by atoms with Gasteiger partial charge in [0.15, 0.2) is 0 Å². The Morgan fingerprint density at radius 1 is 0.315 bits per heavy atom. The maximum absolute atomic E-state index is 6.77. The molecule has 10 aromatic carbocycles. The highest BCUT2D eigenvalue weighted by Crippen LogP contribution is 2.47. The maximum Gasteiger partial charge on any atom is 0.136 e. The van der Waals surface area contributed by atoms with E-state index >= 15 is 0 Å². The average Bonchev–Trinajstić information content (AvgIpc) is 3.78. The zero-order chi connectivity index (χ0) is 35.3. The molecule has 0 unspecified atom stereocenters. The Bertz CT molecular complexity index is 3450. The Labute approximate surface area is 314 Å². The molecular weight excluding hydrogens is 673 g/mol. The lowest BCUT2D eigenvalue weighted by Gasteiger charge is -2.19. The summed E-state index contributed by atoms with van der Waals surface area (Å²) in [6, 6.07) is 66.7. The Hall–Kier alpha value is -6.74. The molecule has 0 atom stereocenters. The average molecular weight is 703 g/mol. The van der Waals surface area contributed by atoms with E-state index in [0.29, 0.717) is 0 Å². The first-order valence-electron chi connectivity index (χ1n) is 18.5.